The highest BCUT2D eigenvalue weighted by molar-refractivity contribution is 5.96. The number of benzene rings is 2. The number of anilines is 3. The first-order valence-electron chi connectivity index (χ1n) is 46.1. The number of rotatable bonds is 17. The summed E-state index contributed by atoms with van der Waals surface area (Å²) in [5, 5.41) is 44.3. The maximum atomic E-state index is 13.4. The number of likely N-dealkylation sites (tertiary alicyclic amines) is 3. The molecule has 3 aliphatic heterocycles. The molecule has 19 rings (SSSR count). The fraction of sp³-hybridized carbons (Fsp3) is 0.515. The number of amides is 3. The highest BCUT2D eigenvalue weighted by Gasteiger charge is 2.36. The van der Waals surface area contributed by atoms with Gasteiger partial charge in [-0.25, -0.2) is 19.3 Å². The standard InChI is InChI=1S/C34H40N6O2.C33H39FN6O2.C32H44N6O2/c1-21-17-25(18-22(2)36-21)33(42)39-15-13-24(14-16-39)30-20-40(26-8-10-27(41)11-9-26)32-29(30)19-35-34(38-32)37-31-12-7-23-5-3-4-6-28(23)31;1-20-16-25(17-21(2)36-20)32(42)39-14-12-24(13-15-39)30-19-40(27-8-10-28(41)11-9-27)31-29(30)18-35-33(38-31)37-22(3)23-4-6-26(34)7-5-23;1-21-16-25(17-22(2)35-21)31(40)37-14-12-24(13-15-37)29-20-38(26-8-10-27(39)11-9-26)30-28(29)19-34-32(36-30)33-18-23-6-4-3-5-7-23/h3-6,17-20,24,26-27,31,41H,7-16H2,1-2H3,(H,35,37,38);4-7,16-19,22,24,27-28,41H,8-15H2,1-3H3,(H,35,37,38);16-17,19-20,23-24,26-27,39H,3-15,18H2,1-2H3,(H,33,34,36)/t26?,27?,31-;22-,27?,28?;/m10./s1. The number of pyridine rings is 3. The van der Waals surface area contributed by atoms with Crippen LogP contribution in [0.4, 0.5) is 22.2 Å². The Kier molecular flexibility index (Phi) is 26.3. The number of aromatic nitrogens is 12. The highest BCUT2D eigenvalue weighted by Crippen LogP contribution is 2.44. The van der Waals surface area contributed by atoms with Gasteiger partial charge in [-0.05, 0) is 295 Å². The number of aliphatic hydroxyl groups is 3. The first-order valence-corrected chi connectivity index (χ1v) is 46.1. The summed E-state index contributed by atoms with van der Waals surface area (Å²) in [4.78, 5) is 88.5. The molecule has 25 heteroatoms. The van der Waals surface area contributed by atoms with Crippen molar-refractivity contribution in [2.24, 2.45) is 5.92 Å². The summed E-state index contributed by atoms with van der Waals surface area (Å²) in [6.45, 7) is 18.9. The van der Waals surface area contributed by atoms with Crippen LogP contribution in [-0.4, -0.2) is 170 Å². The Hall–Kier alpha value is -10.6. The van der Waals surface area contributed by atoms with Crippen molar-refractivity contribution < 1.29 is 34.1 Å². The molecule has 11 aromatic rings. The fourth-order valence-corrected chi connectivity index (χ4v) is 21.3. The Morgan fingerprint density at radius 1 is 0.419 bits per heavy atom. The average Bonchev–Trinajstić information content (AvgIpc) is 1.62. The summed E-state index contributed by atoms with van der Waals surface area (Å²) >= 11 is 0. The molecule has 3 amide bonds. The van der Waals surface area contributed by atoms with Gasteiger partial charge in [-0.2, -0.15) is 15.0 Å². The minimum absolute atomic E-state index is 0.0690. The zero-order valence-corrected chi connectivity index (χ0v) is 73.3. The second kappa shape index (κ2) is 38.1. The van der Waals surface area contributed by atoms with Crippen LogP contribution >= 0.6 is 0 Å². The van der Waals surface area contributed by atoms with E-state index in [1.54, 1.807) is 12.1 Å². The Balaban J connectivity index is 0.000000132. The van der Waals surface area contributed by atoms with Crippen molar-refractivity contribution in [1.29, 1.82) is 0 Å². The third-order valence-electron chi connectivity index (χ3n) is 28.1. The Morgan fingerprint density at radius 3 is 1.19 bits per heavy atom. The zero-order valence-electron chi connectivity index (χ0n) is 73.3. The van der Waals surface area contributed by atoms with E-state index >= 15 is 0 Å². The number of aliphatic hydroxyl groups excluding tert-OH is 3. The van der Waals surface area contributed by atoms with E-state index in [9.17, 15) is 34.1 Å². The summed E-state index contributed by atoms with van der Waals surface area (Å²) < 4.78 is 20.5. The molecule has 652 valence electrons. The van der Waals surface area contributed by atoms with E-state index in [-0.39, 0.29) is 60.0 Å². The van der Waals surface area contributed by atoms with Gasteiger partial charge in [0.25, 0.3) is 17.7 Å². The van der Waals surface area contributed by atoms with Crippen molar-refractivity contribution in [3.63, 3.8) is 0 Å². The summed E-state index contributed by atoms with van der Waals surface area (Å²) in [6.07, 6.45) is 36.9. The van der Waals surface area contributed by atoms with Gasteiger partial charge in [-0.1, -0.05) is 55.7 Å². The van der Waals surface area contributed by atoms with Gasteiger partial charge in [0.05, 0.1) is 30.4 Å². The van der Waals surface area contributed by atoms with Gasteiger partial charge < -0.3 is 59.7 Å². The lowest BCUT2D eigenvalue weighted by Crippen LogP contribution is -2.38. The lowest BCUT2D eigenvalue weighted by atomic mass is 9.89. The summed E-state index contributed by atoms with van der Waals surface area (Å²) in [5.41, 5.74) is 17.8. The predicted molar refractivity (Wildman–Crippen MR) is 483 cm³/mol. The van der Waals surface area contributed by atoms with E-state index in [1.165, 1.54) is 72.1 Å². The molecule has 8 aliphatic rings. The van der Waals surface area contributed by atoms with Crippen LogP contribution in [0.3, 0.4) is 0 Å². The van der Waals surface area contributed by atoms with Crippen LogP contribution in [0, 0.1) is 53.3 Å². The van der Waals surface area contributed by atoms with E-state index in [1.807, 2.05) is 118 Å². The number of carbonyl (C=O) groups excluding carboxylic acids is 3. The summed E-state index contributed by atoms with van der Waals surface area (Å²) in [6, 6.07) is 27.5. The van der Waals surface area contributed by atoms with Gasteiger partial charge >= 0.3 is 0 Å². The largest absolute Gasteiger partial charge is 0.393 e. The van der Waals surface area contributed by atoms with Gasteiger partial charge in [0.1, 0.15) is 22.8 Å². The number of fused-ring (bicyclic) bond motifs is 4. The predicted octanol–water partition coefficient (Wildman–Crippen LogP) is 18.2. The molecule has 4 saturated carbocycles. The number of hydrogen-bond acceptors (Lipinski definition) is 18. The lowest BCUT2D eigenvalue weighted by Gasteiger charge is -2.32. The maximum Gasteiger partial charge on any atom is 0.253 e. The molecule has 6 N–H and O–H groups in total. The Morgan fingerprint density at radius 2 is 0.782 bits per heavy atom. The number of carbonyl (C=O) groups is 3. The van der Waals surface area contributed by atoms with Gasteiger partial charge in [-0.3, -0.25) is 29.3 Å². The maximum absolute atomic E-state index is 13.4. The van der Waals surface area contributed by atoms with E-state index in [4.69, 9.17) is 29.9 Å². The highest BCUT2D eigenvalue weighted by atomic mass is 19.1. The molecule has 124 heavy (non-hydrogen) atoms. The second-order valence-corrected chi connectivity index (χ2v) is 37.0. The summed E-state index contributed by atoms with van der Waals surface area (Å²) in [5.74, 6) is 3.66. The van der Waals surface area contributed by atoms with Crippen LogP contribution < -0.4 is 16.0 Å². The molecule has 0 unspecified atom stereocenters. The van der Waals surface area contributed by atoms with Crippen LogP contribution in [-0.2, 0) is 6.42 Å². The molecule has 2 atom stereocenters. The van der Waals surface area contributed by atoms with Crippen molar-refractivity contribution in [2.75, 3.05) is 61.8 Å². The topological polar surface area (TPSA) is 289 Å². The van der Waals surface area contributed by atoms with E-state index < -0.39 is 0 Å². The van der Waals surface area contributed by atoms with Gasteiger partial charge in [0.2, 0.25) is 17.8 Å². The quantitative estimate of drug-likeness (QED) is 0.0494. The lowest BCUT2D eigenvalue weighted by molar-refractivity contribution is 0.0705. The molecule has 7 fully saturated rings. The van der Waals surface area contributed by atoms with Crippen LogP contribution in [0.5, 0.6) is 0 Å². The number of nitrogens with zero attached hydrogens (tertiary/aromatic N) is 15. The summed E-state index contributed by atoms with van der Waals surface area (Å²) in [7, 11) is 0. The molecule has 12 heterocycles. The molecule has 0 spiro atoms. The number of hydrogen-bond donors (Lipinski definition) is 6. The number of nitrogens with one attached hydrogen (secondary N) is 3. The van der Waals surface area contributed by atoms with Crippen molar-refractivity contribution in [1.82, 2.24) is 73.3 Å². The minimum Gasteiger partial charge on any atom is -0.393 e. The van der Waals surface area contributed by atoms with Gasteiger partial charge in [0, 0.05) is 168 Å². The van der Waals surface area contributed by atoms with Crippen LogP contribution in [0.2, 0.25) is 0 Å². The monoisotopic (exact) mass is 1680 g/mol. The number of halogens is 1. The molecule has 5 aliphatic carbocycles. The van der Waals surface area contributed by atoms with Crippen LogP contribution in [0.25, 0.3) is 33.1 Å². The first-order chi connectivity index (χ1) is 60.1. The van der Waals surface area contributed by atoms with E-state index in [0.717, 1.165) is 251 Å². The molecular formula is C99H123FN18O6. The minimum atomic E-state index is -0.260. The van der Waals surface area contributed by atoms with Gasteiger partial charge in [0.15, 0.2) is 0 Å². The number of piperidine rings is 3. The van der Waals surface area contributed by atoms with Crippen molar-refractivity contribution in [3.8, 4) is 0 Å². The van der Waals surface area contributed by atoms with Crippen molar-refractivity contribution in [3.05, 3.63) is 212 Å². The molecular weight excluding hydrogens is 1560 g/mol. The molecule has 9 aromatic heterocycles. The zero-order chi connectivity index (χ0) is 85.8. The van der Waals surface area contributed by atoms with Crippen LogP contribution in [0.1, 0.15) is 308 Å². The third kappa shape index (κ3) is 19.6. The first kappa shape index (κ1) is 85.5. The molecule has 24 nitrogen and oxygen atoms in total. The smallest absolute Gasteiger partial charge is 0.253 e. The van der Waals surface area contributed by atoms with Crippen molar-refractivity contribution in [2.45, 2.75) is 275 Å². The SMILES string of the molecule is Cc1cc(C(=O)N2CCC(c3cn(C4CCC(O)CC4)c4nc(NCC5CCCCC5)ncc34)CC2)cc(C)n1.Cc1cc(C(=O)N2CCC(c3cn(C4CCC(O)CC4)c4nc(N[C@@H](C)c5ccc(F)cc5)ncc34)CC2)cc(C)n1.Cc1cc(C(=O)N2CCC(c3cn(C4CCC(O)CC4)c4nc(N[C@@H]5CCc6ccccc65)ncc34)CC2)cc(C)n1. The van der Waals surface area contributed by atoms with Gasteiger partial charge in [-0.15, -0.1) is 0 Å². The van der Waals surface area contributed by atoms with Crippen LogP contribution in [0.15, 0.2) is 122 Å². The average molecular weight is 1680 g/mol. The Bertz CT molecular complexity index is 5540. The molecule has 0 radical (unpaired) electrons. The normalized spacial score (nSPS) is 22.1. The molecule has 3 saturated heterocycles. The molecule has 0 bridgehead atoms. The number of aryl methyl sites for hydroxylation is 7. The van der Waals surface area contributed by atoms with Crippen molar-refractivity contribution >= 4 is 68.7 Å². The fourth-order valence-electron chi connectivity index (χ4n) is 21.3. The Labute approximate surface area is 727 Å². The van der Waals surface area contributed by atoms with E-state index in [2.05, 4.69) is 87.5 Å². The van der Waals surface area contributed by atoms with E-state index in [0.29, 0.717) is 66.3 Å². The molecule has 2 aromatic carbocycles. The second-order valence-electron chi connectivity index (χ2n) is 37.0. The third-order valence-corrected chi connectivity index (χ3v) is 28.1.